The summed E-state index contributed by atoms with van der Waals surface area (Å²) in [5, 5.41) is 6.72. The number of methoxy groups -OCH3 is 1. The van der Waals surface area contributed by atoms with E-state index in [1.165, 1.54) is 0 Å². The van der Waals surface area contributed by atoms with Crippen LogP contribution in [0.2, 0.25) is 0 Å². The Morgan fingerprint density at radius 3 is 2.81 bits per heavy atom. The first-order chi connectivity index (χ1) is 12.8. The number of aromatic nitrogens is 2. The molecule has 1 aliphatic rings. The van der Waals surface area contributed by atoms with Gasteiger partial charge in [0.05, 0.1) is 25.3 Å². The Labute approximate surface area is 158 Å². The maximum Gasteiger partial charge on any atom is 0.247 e. The van der Waals surface area contributed by atoms with Crippen molar-refractivity contribution >= 4 is 11.6 Å². The molecule has 1 aromatic heterocycles. The van der Waals surface area contributed by atoms with E-state index in [0.29, 0.717) is 30.4 Å². The molecule has 1 fully saturated rings. The lowest BCUT2D eigenvalue weighted by molar-refractivity contribution is -0.162. The molecule has 8 heteroatoms. The van der Waals surface area contributed by atoms with Gasteiger partial charge in [-0.15, -0.1) is 0 Å². The highest BCUT2D eigenvalue weighted by molar-refractivity contribution is 5.93. The van der Waals surface area contributed by atoms with E-state index in [-0.39, 0.29) is 29.7 Å². The summed E-state index contributed by atoms with van der Waals surface area (Å²) in [5.74, 6) is 0.943. The van der Waals surface area contributed by atoms with E-state index < -0.39 is 5.54 Å². The topological polar surface area (TPSA) is 113 Å². The smallest absolute Gasteiger partial charge is 0.247 e. The molecule has 1 saturated carbocycles. The highest BCUT2D eigenvalue weighted by Crippen LogP contribution is 2.55. The van der Waals surface area contributed by atoms with Gasteiger partial charge in [0.1, 0.15) is 11.3 Å². The predicted molar refractivity (Wildman–Crippen MR) is 99.3 cm³/mol. The molecule has 1 amide bonds. The van der Waals surface area contributed by atoms with Gasteiger partial charge >= 0.3 is 0 Å². The van der Waals surface area contributed by atoms with E-state index in [2.05, 4.69) is 15.5 Å². The number of nitrogens with zero attached hydrogens (tertiary/aromatic N) is 2. The molecule has 3 N–H and O–H groups in total. The van der Waals surface area contributed by atoms with E-state index >= 15 is 0 Å². The second kappa shape index (κ2) is 7.28. The Bertz CT molecular complexity index is 820. The molecule has 3 rings (SSSR count). The van der Waals surface area contributed by atoms with Crippen molar-refractivity contribution in [3.63, 3.8) is 0 Å². The molecule has 146 valence electrons. The van der Waals surface area contributed by atoms with Crippen molar-refractivity contribution in [2.24, 2.45) is 11.1 Å². The second-order valence-electron chi connectivity index (χ2n) is 7.28. The van der Waals surface area contributed by atoms with Gasteiger partial charge in [-0.05, 0) is 19.1 Å². The van der Waals surface area contributed by atoms with Crippen LogP contribution < -0.4 is 15.8 Å². The molecule has 0 saturated heterocycles. The Balaban J connectivity index is 1.67. The fourth-order valence-electron chi connectivity index (χ4n) is 3.39. The summed E-state index contributed by atoms with van der Waals surface area (Å²) in [7, 11) is 1.55. The third-order valence-electron chi connectivity index (χ3n) is 5.38. The summed E-state index contributed by atoms with van der Waals surface area (Å²) in [6, 6.07) is 7.18. The van der Waals surface area contributed by atoms with Crippen molar-refractivity contribution in [2.75, 3.05) is 19.0 Å². The van der Waals surface area contributed by atoms with Gasteiger partial charge < -0.3 is 25.0 Å². The maximum atomic E-state index is 12.3. The number of carbonyl (C=O) groups excluding carboxylic acids is 1. The zero-order valence-corrected chi connectivity index (χ0v) is 16.1. The summed E-state index contributed by atoms with van der Waals surface area (Å²) >= 11 is 0. The number of carbonyl (C=O) groups is 1. The van der Waals surface area contributed by atoms with Gasteiger partial charge in [0.25, 0.3) is 0 Å². The number of hydrogen-bond acceptors (Lipinski definition) is 7. The number of ether oxygens (including phenoxy) is 2. The highest BCUT2D eigenvalue weighted by Gasteiger charge is 2.62. The van der Waals surface area contributed by atoms with Gasteiger partial charge in [-0.1, -0.05) is 31.1 Å². The fourth-order valence-corrected chi connectivity index (χ4v) is 3.39. The zero-order valence-electron chi connectivity index (χ0n) is 16.1. The Hall–Kier alpha value is -2.45. The molecule has 8 nitrogen and oxygen atoms in total. The average Bonchev–Trinajstić information content (AvgIpc) is 3.10. The number of benzene rings is 1. The Kier molecular flexibility index (Phi) is 5.21. The second-order valence-corrected chi connectivity index (χ2v) is 7.28. The van der Waals surface area contributed by atoms with Crippen LogP contribution in [-0.2, 0) is 21.5 Å². The lowest BCUT2D eigenvalue weighted by Gasteiger charge is -2.56. The summed E-state index contributed by atoms with van der Waals surface area (Å²) in [6.45, 7) is 6.63. The number of nitrogens with one attached hydrogen (secondary N) is 1. The molecule has 1 aromatic carbocycles. The van der Waals surface area contributed by atoms with Gasteiger partial charge in [-0.25, -0.2) is 0 Å². The predicted octanol–water partition coefficient (Wildman–Crippen LogP) is 2.25. The number of para-hydroxylation sites is 2. The number of rotatable bonds is 7. The van der Waals surface area contributed by atoms with Gasteiger partial charge in [0.15, 0.2) is 5.82 Å². The SMILES string of the molecule is CCOC1CC(N)(c2nc(CC(=O)Nc3ccccc3OC)no2)C1(C)C. The van der Waals surface area contributed by atoms with Crippen LogP contribution in [0, 0.1) is 5.41 Å². The van der Waals surface area contributed by atoms with E-state index in [1.54, 1.807) is 19.2 Å². The van der Waals surface area contributed by atoms with Crippen LogP contribution in [0.1, 0.15) is 38.9 Å². The average molecular weight is 374 g/mol. The van der Waals surface area contributed by atoms with Crippen LogP contribution in [0.4, 0.5) is 5.69 Å². The molecule has 0 aliphatic heterocycles. The molecule has 2 aromatic rings. The normalized spacial score (nSPS) is 23.5. The molecule has 27 heavy (non-hydrogen) atoms. The van der Waals surface area contributed by atoms with Crippen LogP contribution >= 0.6 is 0 Å². The van der Waals surface area contributed by atoms with Crippen LogP contribution in [0.25, 0.3) is 0 Å². The van der Waals surface area contributed by atoms with E-state index in [0.717, 1.165) is 0 Å². The fraction of sp³-hybridized carbons (Fsp3) is 0.526. The molecule has 1 aliphatic carbocycles. The van der Waals surface area contributed by atoms with Gasteiger partial charge in [0, 0.05) is 18.4 Å². The minimum atomic E-state index is -0.767. The standard InChI is InChI=1S/C19H26N4O4/c1-5-26-14-11-19(20,18(14,2)3)17-22-15(23-27-17)10-16(24)21-12-8-6-7-9-13(12)25-4/h6-9,14H,5,10-11,20H2,1-4H3,(H,21,24). The summed E-state index contributed by atoms with van der Waals surface area (Å²) < 4.78 is 16.3. The highest BCUT2D eigenvalue weighted by atomic mass is 16.5. The first-order valence-corrected chi connectivity index (χ1v) is 8.98. The van der Waals surface area contributed by atoms with Crippen molar-refractivity contribution in [3.8, 4) is 5.75 Å². The summed E-state index contributed by atoms with van der Waals surface area (Å²) in [4.78, 5) is 16.7. The Morgan fingerprint density at radius 2 is 2.15 bits per heavy atom. The van der Waals surface area contributed by atoms with E-state index in [1.807, 2.05) is 32.9 Å². The number of anilines is 1. The number of nitrogens with two attached hydrogens (primary N) is 1. The molecular formula is C19H26N4O4. The maximum absolute atomic E-state index is 12.3. The monoisotopic (exact) mass is 374 g/mol. The van der Waals surface area contributed by atoms with Crippen molar-refractivity contribution in [3.05, 3.63) is 36.0 Å². The largest absolute Gasteiger partial charge is 0.495 e. The lowest BCUT2D eigenvalue weighted by atomic mass is 9.54. The van der Waals surface area contributed by atoms with Crippen LogP contribution in [0.3, 0.4) is 0 Å². The lowest BCUT2D eigenvalue weighted by Crippen LogP contribution is -2.67. The molecule has 0 bridgehead atoms. The summed E-state index contributed by atoms with van der Waals surface area (Å²) in [5.41, 5.74) is 6.01. The van der Waals surface area contributed by atoms with Crippen molar-refractivity contribution in [2.45, 2.75) is 45.3 Å². The van der Waals surface area contributed by atoms with Crippen molar-refractivity contribution in [1.82, 2.24) is 10.1 Å². The molecular weight excluding hydrogens is 348 g/mol. The molecule has 2 unspecified atom stereocenters. The Morgan fingerprint density at radius 1 is 1.41 bits per heavy atom. The minimum Gasteiger partial charge on any atom is -0.495 e. The molecule has 1 heterocycles. The number of hydrogen-bond donors (Lipinski definition) is 2. The third-order valence-corrected chi connectivity index (χ3v) is 5.38. The van der Waals surface area contributed by atoms with Crippen LogP contribution in [-0.4, -0.2) is 35.9 Å². The first kappa shape index (κ1) is 19.3. The van der Waals surface area contributed by atoms with Crippen LogP contribution in [0.15, 0.2) is 28.8 Å². The first-order valence-electron chi connectivity index (χ1n) is 8.98. The van der Waals surface area contributed by atoms with Gasteiger partial charge in [0.2, 0.25) is 11.8 Å². The molecule has 0 radical (unpaired) electrons. The van der Waals surface area contributed by atoms with Crippen molar-refractivity contribution in [1.29, 1.82) is 0 Å². The third kappa shape index (κ3) is 3.42. The zero-order chi connectivity index (χ0) is 19.7. The quantitative estimate of drug-likeness (QED) is 0.764. The van der Waals surface area contributed by atoms with Gasteiger partial charge in [-0.3, -0.25) is 4.79 Å². The molecule has 2 atom stereocenters. The molecule has 0 spiro atoms. The van der Waals surface area contributed by atoms with Gasteiger partial charge in [-0.2, -0.15) is 4.98 Å². The summed E-state index contributed by atoms with van der Waals surface area (Å²) in [6.07, 6.45) is 0.618. The van der Waals surface area contributed by atoms with Crippen molar-refractivity contribution < 1.29 is 18.8 Å². The van der Waals surface area contributed by atoms with Crippen LogP contribution in [0.5, 0.6) is 5.75 Å². The minimum absolute atomic E-state index is 0.0209. The number of amides is 1. The van der Waals surface area contributed by atoms with E-state index in [9.17, 15) is 4.79 Å². The van der Waals surface area contributed by atoms with E-state index in [4.69, 9.17) is 19.7 Å².